The Balaban J connectivity index is 1.39. The first-order valence-electron chi connectivity index (χ1n) is 12.4. The lowest BCUT2D eigenvalue weighted by molar-refractivity contribution is -0.137. The Morgan fingerprint density at radius 2 is 1.92 bits per heavy atom. The number of carbonyl (C=O) groups is 2. The number of nitrogens with zero attached hydrogens (tertiary/aromatic N) is 4. The molecule has 2 aromatic rings. The van der Waals surface area contributed by atoms with Crippen LogP contribution in [-0.4, -0.2) is 63.4 Å². The summed E-state index contributed by atoms with van der Waals surface area (Å²) in [7, 11) is -3.43. The van der Waals surface area contributed by atoms with Gasteiger partial charge in [0.05, 0.1) is 12.5 Å². The van der Waals surface area contributed by atoms with Crippen molar-refractivity contribution in [1.29, 1.82) is 0 Å². The van der Waals surface area contributed by atoms with Crippen LogP contribution in [0.25, 0.3) is 12.0 Å². The van der Waals surface area contributed by atoms with Gasteiger partial charge in [-0.05, 0) is 75.8 Å². The van der Waals surface area contributed by atoms with Crippen molar-refractivity contribution in [2.45, 2.75) is 63.1 Å². The van der Waals surface area contributed by atoms with Crippen LogP contribution in [0.5, 0.6) is 0 Å². The Morgan fingerprint density at radius 1 is 1.22 bits per heavy atom. The van der Waals surface area contributed by atoms with Crippen LogP contribution >= 0.6 is 0 Å². The first kappa shape index (κ1) is 25.5. The Kier molecular flexibility index (Phi) is 6.18. The molecule has 2 aromatic heterocycles. The molecule has 2 atom stereocenters. The van der Waals surface area contributed by atoms with Gasteiger partial charge in [0, 0.05) is 30.2 Å². The molecule has 0 radical (unpaired) electrons. The number of aromatic nitrogens is 4. The van der Waals surface area contributed by atoms with E-state index in [4.69, 9.17) is 10.5 Å². The highest BCUT2D eigenvalue weighted by atomic mass is 32.2. The Bertz CT molecular complexity index is 1320. The number of sulfonamides is 1. The number of ether oxygens (including phenoxy) is 1. The zero-order valence-electron chi connectivity index (χ0n) is 21.1. The SMILES string of the molecule is CC(C)(C=Cn1ncc(C(=O)NC2C3CC4CC2CC(OC(N)=O)(C4)C3)c1-n1cccn1)NS(C)(=O)=O. The Morgan fingerprint density at radius 3 is 2.51 bits per heavy atom. The van der Waals surface area contributed by atoms with E-state index in [2.05, 4.69) is 20.2 Å². The van der Waals surface area contributed by atoms with Crippen LogP contribution in [0, 0.1) is 17.8 Å². The van der Waals surface area contributed by atoms with Gasteiger partial charge in [0.15, 0.2) is 5.82 Å². The van der Waals surface area contributed by atoms with Gasteiger partial charge < -0.3 is 15.8 Å². The molecular weight excluding hydrogens is 498 g/mol. The third-order valence-electron chi connectivity index (χ3n) is 7.65. The van der Waals surface area contributed by atoms with Crippen molar-refractivity contribution in [2.24, 2.45) is 23.5 Å². The van der Waals surface area contributed by atoms with Gasteiger partial charge in [0.2, 0.25) is 10.0 Å². The second kappa shape index (κ2) is 8.98. The summed E-state index contributed by atoms with van der Waals surface area (Å²) in [4.78, 5) is 25.1. The van der Waals surface area contributed by atoms with E-state index in [0.717, 1.165) is 25.5 Å². The van der Waals surface area contributed by atoms with Crippen molar-refractivity contribution >= 4 is 28.2 Å². The third kappa shape index (κ3) is 5.28. The van der Waals surface area contributed by atoms with Crippen molar-refractivity contribution < 1.29 is 22.7 Å². The van der Waals surface area contributed by atoms with Crippen LogP contribution in [0.1, 0.15) is 56.3 Å². The molecule has 4 N–H and O–H groups in total. The summed E-state index contributed by atoms with van der Waals surface area (Å²) in [6.07, 6.45) is 12.7. The molecule has 2 heterocycles. The van der Waals surface area contributed by atoms with Crippen molar-refractivity contribution in [1.82, 2.24) is 29.6 Å². The van der Waals surface area contributed by atoms with Crippen molar-refractivity contribution in [3.63, 3.8) is 0 Å². The maximum Gasteiger partial charge on any atom is 0.405 e. The predicted octanol–water partition coefficient (Wildman–Crippen LogP) is 1.64. The van der Waals surface area contributed by atoms with Gasteiger partial charge in [-0.25, -0.2) is 27.3 Å². The minimum absolute atomic E-state index is 0.0316. The first-order valence-corrected chi connectivity index (χ1v) is 14.3. The molecule has 0 saturated heterocycles. The highest BCUT2D eigenvalue weighted by Gasteiger charge is 2.57. The molecule has 2 unspecified atom stereocenters. The van der Waals surface area contributed by atoms with Crippen molar-refractivity contribution in [2.75, 3.05) is 6.26 Å². The number of hydrogen-bond acceptors (Lipinski definition) is 7. The van der Waals surface area contributed by atoms with E-state index < -0.39 is 27.3 Å². The average Bonchev–Trinajstić information content (AvgIpc) is 3.41. The molecule has 4 saturated carbocycles. The summed E-state index contributed by atoms with van der Waals surface area (Å²) in [6.45, 7) is 3.44. The average molecular weight is 532 g/mol. The van der Waals surface area contributed by atoms with Gasteiger partial charge in [-0.2, -0.15) is 10.2 Å². The largest absolute Gasteiger partial charge is 0.443 e. The number of carbonyl (C=O) groups excluding carboxylic acids is 2. The molecule has 0 aromatic carbocycles. The maximum atomic E-state index is 13.6. The number of nitrogens with one attached hydrogen (secondary N) is 2. The lowest BCUT2D eigenvalue weighted by Crippen LogP contribution is -2.63. The van der Waals surface area contributed by atoms with E-state index in [-0.39, 0.29) is 23.8 Å². The molecule has 37 heavy (non-hydrogen) atoms. The smallest absolute Gasteiger partial charge is 0.405 e. The standard InChI is InChI=1S/C24H33N7O5S/c1-23(2,29-37(3,34)35)5-8-31-21(30-7-4-6-26-30)18(14-27-31)20(32)28-19-16-9-15-10-17(19)13-24(11-15,12-16)36-22(25)33/h4-8,14-17,19,29H,9-13H2,1-3H3,(H2,25,33)(H,28,32). The summed E-state index contributed by atoms with van der Waals surface area (Å²) < 4.78 is 34.6. The fraction of sp³-hybridized carbons (Fsp3) is 0.583. The highest BCUT2D eigenvalue weighted by molar-refractivity contribution is 7.88. The molecule has 13 heteroatoms. The lowest BCUT2D eigenvalue weighted by Gasteiger charge is -2.58. The topological polar surface area (TPSA) is 163 Å². The minimum Gasteiger partial charge on any atom is -0.443 e. The molecular formula is C24H33N7O5S. The number of hydrogen-bond donors (Lipinski definition) is 3. The minimum atomic E-state index is -3.43. The Labute approximate surface area is 215 Å². The second-order valence-corrected chi connectivity index (χ2v) is 13.0. The fourth-order valence-electron chi connectivity index (χ4n) is 6.77. The highest BCUT2D eigenvalue weighted by Crippen LogP contribution is 2.57. The van der Waals surface area contributed by atoms with Crippen LogP contribution in [-0.2, 0) is 14.8 Å². The monoisotopic (exact) mass is 531 g/mol. The first-order chi connectivity index (χ1) is 17.3. The van der Waals surface area contributed by atoms with Crippen molar-refractivity contribution in [3.8, 4) is 5.82 Å². The summed E-state index contributed by atoms with van der Waals surface area (Å²) >= 11 is 0. The zero-order chi connectivity index (χ0) is 26.6. The normalized spacial score (nSPS) is 29.1. The number of amides is 2. The van der Waals surface area contributed by atoms with E-state index in [9.17, 15) is 18.0 Å². The fourth-order valence-corrected chi connectivity index (χ4v) is 7.79. The summed E-state index contributed by atoms with van der Waals surface area (Å²) in [5, 5.41) is 11.9. The quantitative estimate of drug-likeness (QED) is 0.466. The summed E-state index contributed by atoms with van der Waals surface area (Å²) in [5.41, 5.74) is 4.32. The van der Waals surface area contributed by atoms with Crippen LogP contribution in [0.4, 0.5) is 4.79 Å². The van der Waals surface area contributed by atoms with Gasteiger partial charge in [-0.1, -0.05) is 0 Å². The Hall–Kier alpha value is -3.19. The van der Waals surface area contributed by atoms with Crippen LogP contribution in [0.3, 0.4) is 0 Å². The van der Waals surface area contributed by atoms with Gasteiger partial charge in [0.25, 0.3) is 5.91 Å². The van der Waals surface area contributed by atoms with Crippen LogP contribution in [0.15, 0.2) is 30.7 Å². The van der Waals surface area contributed by atoms with Gasteiger partial charge in [0.1, 0.15) is 11.2 Å². The van der Waals surface area contributed by atoms with Gasteiger partial charge in [-0.15, -0.1) is 0 Å². The zero-order valence-corrected chi connectivity index (χ0v) is 21.9. The molecule has 200 valence electrons. The van der Waals surface area contributed by atoms with E-state index in [0.29, 0.717) is 30.1 Å². The molecule has 6 rings (SSSR count). The van der Waals surface area contributed by atoms with E-state index >= 15 is 0 Å². The molecule has 0 spiro atoms. The van der Waals surface area contributed by atoms with E-state index in [1.807, 2.05) is 0 Å². The number of primary amides is 1. The van der Waals surface area contributed by atoms with Gasteiger partial charge in [-0.3, -0.25) is 4.79 Å². The van der Waals surface area contributed by atoms with Crippen LogP contribution in [0.2, 0.25) is 0 Å². The molecule has 4 aliphatic carbocycles. The molecule has 4 aliphatic rings. The molecule has 12 nitrogen and oxygen atoms in total. The third-order valence-corrected chi connectivity index (χ3v) is 8.54. The number of nitrogens with two attached hydrogens (primary N) is 1. The predicted molar refractivity (Wildman–Crippen MR) is 135 cm³/mol. The van der Waals surface area contributed by atoms with E-state index in [1.165, 1.54) is 10.9 Å². The maximum absolute atomic E-state index is 13.6. The van der Waals surface area contributed by atoms with Crippen molar-refractivity contribution in [3.05, 3.63) is 36.3 Å². The van der Waals surface area contributed by atoms with Gasteiger partial charge >= 0.3 is 6.09 Å². The molecule has 4 fully saturated rings. The molecule has 0 aliphatic heterocycles. The lowest BCUT2D eigenvalue weighted by atomic mass is 9.52. The summed E-state index contributed by atoms with van der Waals surface area (Å²) in [5.74, 6) is 1.06. The van der Waals surface area contributed by atoms with E-state index in [1.54, 1.807) is 49.3 Å². The molecule has 4 bridgehead atoms. The second-order valence-electron chi connectivity index (χ2n) is 11.3. The number of rotatable bonds is 8. The summed E-state index contributed by atoms with van der Waals surface area (Å²) in [6, 6.07) is 1.71. The van der Waals surface area contributed by atoms with Crippen LogP contribution < -0.4 is 15.8 Å². The molecule has 2 amide bonds.